The molecule has 4 rings (SSSR count). The Hall–Kier alpha value is -3.24. The van der Waals surface area contributed by atoms with E-state index < -0.39 is 15.8 Å². The van der Waals surface area contributed by atoms with Crippen LogP contribution in [0.3, 0.4) is 0 Å². The Kier molecular flexibility index (Phi) is 7.23. The van der Waals surface area contributed by atoms with Crippen LogP contribution in [0.15, 0.2) is 47.8 Å². The fourth-order valence-electron chi connectivity index (χ4n) is 4.24. The number of aromatic nitrogens is 1. The molecular weight excluding hydrogens is 484 g/mol. The molecule has 0 atom stereocenters. The van der Waals surface area contributed by atoms with Crippen LogP contribution >= 0.6 is 11.3 Å². The predicted molar refractivity (Wildman–Crippen MR) is 140 cm³/mol. The number of anilines is 3. The molecule has 3 aromatic rings. The van der Waals surface area contributed by atoms with Gasteiger partial charge in [-0.15, -0.1) is 11.3 Å². The van der Waals surface area contributed by atoms with Gasteiger partial charge >= 0.3 is 0 Å². The summed E-state index contributed by atoms with van der Waals surface area (Å²) in [7, 11) is -3.10. The highest BCUT2D eigenvalue weighted by Crippen LogP contribution is 2.28. The van der Waals surface area contributed by atoms with Crippen molar-refractivity contribution in [1.29, 1.82) is 0 Å². The minimum absolute atomic E-state index is 0.00664. The van der Waals surface area contributed by atoms with Gasteiger partial charge in [0.2, 0.25) is 11.8 Å². The lowest BCUT2D eigenvalue weighted by atomic mass is 9.99. The van der Waals surface area contributed by atoms with Crippen LogP contribution in [0.4, 0.5) is 16.5 Å². The van der Waals surface area contributed by atoms with E-state index in [2.05, 4.69) is 10.3 Å². The second-order valence-electron chi connectivity index (χ2n) is 8.84. The number of aryl methyl sites for hydroxylation is 2. The third-order valence-electron chi connectivity index (χ3n) is 6.10. The Balaban J connectivity index is 1.51. The summed E-state index contributed by atoms with van der Waals surface area (Å²) >= 11 is 1.36. The smallest absolute Gasteiger partial charge is 0.244 e. The van der Waals surface area contributed by atoms with Gasteiger partial charge in [-0.1, -0.05) is 29.8 Å². The largest absolute Gasteiger partial charge is 0.375 e. The summed E-state index contributed by atoms with van der Waals surface area (Å²) in [6.45, 7) is 3.69. The van der Waals surface area contributed by atoms with Crippen molar-refractivity contribution in [3.8, 4) is 11.3 Å². The topological polar surface area (TPSA) is 122 Å². The quantitative estimate of drug-likeness (QED) is 0.518. The van der Waals surface area contributed by atoms with E-state index in [1.165, 1.54) is 16.2 Å². The van der Waals surface area contributed by atoms with E-state index in [-0.39, 0.29) is 42.7 Å². The zero-order chi connectivity index (χ0) is 25.2. The van der Waals surface area contributed by atoms with Gasteiger partial charge in [-0.3, -0.25) is 9.59 Å². The lowest BCUT2D eigenvalue weighted by molar-refractivity contribution is -0.124. The third kappa shape index (κ3) is 6.07. The fraction of sp³-hybridized carbons (Fsp3) is 0.320. The molecule has 0 spiro atoms. The van der Waals surface area contributed by atoms with Gasteiger partial charge in [0.1, 0.15) is 16.4 Å². The van der Waals surface area contributed by atoms with Crippen LogP contribution in [0.5, 0.6) is 0 Å². The number of carbonyl (C=O) groups is 2. The summed E-state index contributed by atoms with van der Waals surface area (Å²) in [4.78, 5) is 32.2. The molecule has 1 aliphatic heterocycles. The van der Waals surface area contributed by atoms with Gasteiger partial charge in [-0.2, -0.15) is 0 Å². The van der Waals surface area contributed by atoms with Gasteiger partial charge in [0.15, 0.2) is 5.13 Å². The van der Waals surface area contributed by atoms with Crippen molar-refractivity contribution in [2.45, 2.75) is 26.7 Å². The van der Waals surface area contributed by atoms with Crippen LogP contribution in [0, 0.1) is 19.8 Å². The maximum atomic E-state index is 13.5. The maximum Gasteiger partial charge on any atom is 0.244 e. The molecule has 0 saturated carbocycles. The first-order valence-electron chi connectivity index (χ1n) is 11.3. The Morgan fingerprint density at radius 3 is 2.40 bits per heavy atom. The first-order chi connectivity index (χ1) is 16.6. The molecule has 1 fully saturated rings. The van der Waals surface area contributed by atoms with Crippen LogP contribution in [0.25, 0.3) is 11.3 Å². The first kappa shape index (κ1) is 24.9. The molecule has 0 aliphatic carbocycles. The van der Waals surface area contributed by atoms with Crippen molar-refractivity contribution < 1.29 is 18.0 Å². The molecular formula is C25H28N4O4S2. The Morgan fingerprint density at radius 1 is 1.11 bits per heavy atom. The molecule has 0 radical (unpaired) electrons. The van der Waals surface area contributed by atoms with Crippen molar-refractivity contribution in [1.82, 2.24) is 4.98 Å². The molecule has 1 aliphatic rings. The molecule has 3 N–H and O–H groups in total. The number of carbonyl (C=O) groups excluding carboxylic acids is 2. The number of sulfone groups is 1. The van der Waals surface area contributed by atoms with Gasteiger partial charge in [-0.05, 0) is 50.5 Å². The summed E-state index contributed by atoms with van der Waals surface area (Å²) in [6, 6.07) is 12.9. The molecule has 0 bridgehead atoms. The number of nitrogens with zero attached hydrogens (tertiary/aromatic N) is 2. The Labute approximate surface area is 209 Å². The van der Waals surface area contributed by atoms with E-state index in [0.717, 1.165) is 22.4 Å². The number of nitrogens with one attached hydrogen (secondary N) is 1. The van der Waals surface area contributed by atoms with Crippen LogP contribution in [0.1, 0.15) is 24.0 Å². The lowest BCUT2D eigenvalue weighted by Gasteiger charge is -2.30. The zero-order valence-corrected chi connectivity index (χ0v) is 21.3. The molecule has 35 heavy (non-hydrogen) atoms. The summed E-state index contributed by atoms with van der Waals surface area (Å²) in [5.74, 6) is -1.01. The van der Waals surface area contributed by atoms with Crippen molar-refractivity contribution in [2.75, 3.05) is 34.0 Å². The van der Waals surface area contributed by atoms with Crippen LogP contribution in [-0.4, -0.2) is 43.3 Å². The number of amides is 2. The minimum Gasteiger partial charge on any atom is -0.375 e. The molecule has 0 unspecified atom stereocenters. The summed E-state index contributed by atoms with van der Waals surface area (Å²) in [5, 5.41) is 5.21. The number of nitrogen functional groups attached to an aromatic ring is 1. The number of benzene rings is 2. The van der Waals surface area contributed by atoms with Gasteiger partial charge in [-0.25, -0.2) is 13.4 Å². The summed E-state index contributed by atoms with van der Waals surface area (Å²) < 4.78 is 23.7. The monoisotopic (exact) mass is 512 g/mol. The average Bonchev–Trinajstić information content (AvgIpc) is 3.24. The number of thiazole rings is 1. The predicted octanol–water partition coefficient (Wildman–Crippen LogP) is 3.81. The van der Waals surface area contributed by atoms with E-state index >= 15 is 0 Å². The number of hydrogen-bond donors (Lipinski definition) is 2. The lowest BCUT2D eigenvalue weighted by Crippen LogP contribution is -2.44. The zero-order valence-electron chi connectivity index (χ0n) is 19.7. The minimum atomic E-state index is -3.10. The van der Waals surface area contributed by atoms with Gasteiger partial charge in [0.25, 0.3) is 0 Å². The summed E-state index contributed by atoms with van der Waals surface area (Å²) in [6.07, 6.45) is 0.541. The second kappa shape index (κ2) is 10.2. The first-order valence-corrected chi connectivity index (χ1v) is 14.0. The van der Waals surface area contributed by atoms with Gasteiger partial charge in [0.05, 0.1) is 17.2 Å². The number of hydrogen-bond acceptors (Lipinski definition) is 7. The van der Waals surface area contributed by atoms with Crippen LogP contribution < -0.4 is 16.0 Å². The van der Waals surface area contributed by atoms with Crippen LogP contribution in [-0.2, 0) is 19.4 Å². The molecule has 1 aromatic heterocycles. The van der Waals surface area contributed by atoms with E-state index in [9.17, 15) is 18.0 Å². The SMILES string of the molecule is Cc1ccc(N(CC(=O)Nc2ccc(-c3csc(N)n3)cc2)C(=O)C2CCS(=O)(=O)CC2)c(C)c1. The Bertz CT molecular complexity index is 1340. The molecule has 184 valence electrons. The highest BCUT2D eigenvalue weighted by Gasteiger charge is 2.33. The van der Waals surface area contributed by atoms with Gasteiger partial charge in [0, 0.05) is 28.2 Å². The standard InChI is InChI=1S/C25H28N4O4S2/c1-16-3-8-22(17(2)13-16)29(24(31)19-9-11-35(32,33)12-10-19)14-23(30)27-20-6-4-18(5-7-20)21-15-34-25(26)28-21/h3-8,13,15,19H,9-12,14H2,1-2H3,(H2,26,28)(H,27,30). The van der Waals surface area contributed by atoms with E-state index in [0.29, 0.717) is 16.5 Å². The van der Waals surface area contributed by atoms with E-state index in [1.54, 1.807) is 12.1 Å². The van der Waals surface area contributed by atoms with Crippen molar-refractivity contribution in [3.63, 3.8) is 0 Å². The maximum absolute atomic E-state index is 13.5. The normalized spacial score (nSPS) is 15.5. The van der Waals surface area contributed by atoms with Crippen molar-refractivity contribution in [3.05, 3.63) is 59.0 Å². The third-order valence-corrected chi connectivity index (χ3v) is 8.49. The second-order valence-corrected chi connectivity index (χ2v) is 12.0. The fourth-order valence-corrected chi connectivity index (χ4v) is 6.30. The molecule has 1 saturated heterocycles. The Morgan fingerprint density at radius 2 is 1.80 bits per heavy atom. The average molecular weight is 513 g/mol. The van der Waals surface area contributed by atoms with Crippen molar-refractivity contribution in [2.24, 2.45) is 5.92 Å². The molecule has 2 aromatic carbocycles. The van der Waals surface area contributed by atoms with Crippen molar-refractivity contribution >= 4 is 49.5 Å². The molecule has 2 amide bonds. The molecule has 8 nitrogen and oxygen atoms in total. The summed E-state index contributed by atoms with van der Waals surface area (Å²) in [5.41, 5.74) is 10.5. The van der Waals surface area contributed by atoms with Gasteiger partial charge < -0.3 is 16.0 Å². The van der Waals surface area contributed by atoms with Crippen LogP contribution in [0.2, 0.25) is 0 Å². The number of nitrogens with two attached hydrogens (primary N) is 1. The highest BCUT2D eigenvalue weighted by atomic mass is 32.2. The molecule has 10 heteroatoms. The molecule has 2 heterocycles. The highest BCUT2D eigenvalue weighted by molar-refractivity contribution is 7.91. The van der Waals surface area contributed by atoms with E-state index in [1.807, 2.05) is 49.6 Å². The number of rotatable bonds is 6. The van der Waals surface area contributed by atoms with E-state index in [4.69, 9.17) is 5.73 Å².